The summed E-state index contributed by atoms with van der Waals surface area (Å²) in [5, 5.41) is 20.0. The van der Waals surface area contributed by atoms with Crippen LogP contribution in [0.15, 0.2) is 22.8 Å². The van der Waals surface area contributed by atoms with Crippen molar-refractivity contribution in [3.05, 3.63) is 28.5 Å². The van der Waals surface area contributed by atoms with E-state index in [1.54, 1.807) is 18.2 Å². The van der Waals surface area contributed by atoms with Crippen molar-refractivity contribution in [2.75, 3.05) is 13.2 Å². The topological polar surface area (TPSA) is 82.5 Å². The van der Waals surface area contributed by atoms with E-state index in [2.05, 4.69) is 26.2 Å². The number of aliphatic hydroxyl groups excluding tert-OH is 2. The third-order valence-electron chi connectivity index (χ3n) is 1.72. The summed E-state index contributed by atoms with van der Waals surface area (Å²) in [4.78, 5) is 15.4. The third kappa shape index (κ3) is 3.58. The fourth-order valence-electron chi connectivity index (χ4n) is 0.943. The number of carbonyl (C=O) groups is 1. The zero-order valence-corrected chi connectivity index (χ0v) is 9.44. The Morgan fingerprint density at radius 3 is 2.67 bits per heavy atom. The molecule has 0 aliphatic carbocycles. The van der Waals surface area contributed by atoms with E-state index in [4.69, 9.17) is 10.2 Å². The van der Waals surface area contributed by atoms with E-state index in [0.29, 0.717) is 4.60 Å². The van der Waals surface area contributed by atoms with E-state index in [1.165, 1.54) is 0 Å². The van der Waals surface area contributed by atoms with Gasteiger partial charge >= 0.3 is 0 Å². The molecule has 5 nitrogen and oxygen atoms in total. The molecule has 0 spiro atoms. The van der Waals surface area contributed by atoms with Crippen LogP contribution in [0.4, 0.5) is 0 Å². The van der Waals surface area contributed by atoms with Crippen LogP contribution < -0.4 is 5.32 Å². The standard InChI is InChI=1S/C9H11BrN2O3/c10-8-3-1-2-7(12-8)9(15)11-6(4-13)5-14/h1-3,6,13-14H,4-5H2,(H,11,15). The molecule has 1 aromatic rings. The summed E-state index contributed by atoms with van der Waals surface area (Å²) in [5.41, 5.74) is 0.233. The van der Waals surface area contributed by atoms with Crippen LogP contribution >= 0.6 is 15.9 Å². The van der Waals surface area contributed by atoms with Crippen LogP contribution in [-0.4, -0.2) is 40.4 Å². The molecule has 3 N–H and O–H groups in total. The van der Waals surface area contributed by atoms with Gasteiger partial charge in [0.1, 0.15) is 10.3 Å². The Morgan fingerprint density at radius 1 is 1.47 bits per heavy atom. The average molecular weight is 275 g/mol. The van der Waals surface area contributed by atoms with E-state index in [0.717, 1.165) is 0 Å². The molecule has 0 radical (unpaired) electrons. The minimum Gasteiger partial charge on any atom is -0.394 e. The Bertz CT molecular complexity index is 342. The lowest BCUT2D eigenvalue weighted by Gasteiger charge is -2.12. The fourth-order valence-corrected chi connectivity index (χ4v) is 1.29. The van der Waals surface area contributed by atoms with Gasteiger partial charge in [0.05, 0.1) is 19.3 Å². The number of aromatic nitrogens is 1. The van der Waals surface area contributed by atoms with Gasteiger partial charge in [-0.05, 0) is 28.1 Å². The van der Waals surface area contributed by atoms with E-state index < -0.39 is 11.9 Å². The predicted molar refractivity (Wildman–Crippen MR) is 57.4 cm³/mol. The first-order valence-corrected chi connectivity index (χ1v) is 5.11. The van der Waals surface area contributed by atoms with Gasteiger partial charge in [-0.3, -0.25) is 4.79 Å². The summed E-state index contributed by atoms with van der Waals surface area (Å²) in [6.07, 6.45) is 0. The highest BCUT2D eigenvalue weighted by molar-refractivity contribution is 9.10. The van der Waals surface area contributed by atoms with Crippen molar-refractivity contribution in [3.8, 4) is 0 Å². The number of rotatable bonds is 4. The van der Waals surface area contributed by atoms with Crippen LogP contribution in [-0.2, 0) is 0 Å². The van der Waals surface area contributed by atoms with Crippen molar-refractivity contribution in [1.29, 1.82) is 0 Å². The van der Waals surface area contributed by atoms with Gasteiger partial charge in [0.25, 0.3) is 5.91 Å². The second kappa shape index (κ2) is 5.79. The molecule has 6 heteroatoms. The number of carbonyl (C=O) groups excluding carboxylic acids is 1. The monoisotopic (exact) mass is 274 g/mol. The Hall–Kier alpha value is -0.980. The number of nitrogens with zero attached hydrogens (tertiary/aromatic N) is 1. The average Bonchev–Trinajstić information content (AvgIpc) is 2.25. The maximum atomic E-state index is 11.5. The van der Waals surface area contributed by atoms with Crippen LogP contribution in [0.2, 0.25) is 0 Å². The van der Waals surface area contributed by atoms with Crippen molar-refractivity contribution in [1.82, 2.24) is 10.3 Å². The Morgan fingerprint density at radius 2 is 2.13 bits per heavy atom. The van der Waals surface area contributed by atoms with E-state index >= 15 is 0 Å². The quantitative estimate of drug-likeness (QED) is 0.672. The summed E-state index contributed by atoms with van der Waals surface area (Å²) in [7, 11) is 0. The molecule has 0 saturated heterocycles. The van der Waals surface area contributed by atoms with Gasteiger partial charge in [0.2, 0.25) is 0 Å². The first kappa shape index (κ1) is 12.1. The zero-order valence-electron chi connectivity index (χ0n) is 7.85. The number of hydrogen-bond donors (Lipinski definition) is 3. The van der Waals surface area contributed by atoms with Crippen LogP contribution in [0.5, 0.6) is 0 Å². The molecular weight excluding hydrogens is 264 g/mol. The summed E-state index contributed by atoms with van der Waals surface area (Å²) in [6, 6.07) is 4.27. The van der Waals surface area contributed by atoms with Gasteiger partial charge in [-0.1, -0.05) is 6.07 Å². The Labute approximate surface area is 95.3 Å². The highest BCUT2D eigenvalue weighted by Gasteiger charge is 2.12. The molecule has 0 saturated carbocycles. The van der Waals surface area contributed by atoms with Gasteiger partial charge < -0.3 is 15.5 Å². The lowest BCUT2D eigenvalue weighted by molar-refractivity contribution is 0.0874. The molecule has 15 heavy (non-hydrogen) atoms. The molecule has 0 unspecified atom stereocenters. The molecule has 82 valence electrons. The fraction of sp³-hybridized carbons (Fsp3) is 0.333. The van der Waals surface area contributed by atoms with Crippen molar-refractivity contribution < 1.29 is 15.0 Å². The minimum atomic E-state index is -0.654. The van der Waals surface area contributed by atoms with Crippen molar-refractivity contribution in [3.63, 3.8) is 0 Å². The second-order valence-electron chi connectivity index (χ2n) is 2.88. The lowest BCUT2D eigenvalue weighted by Crippen LogP contribution is -2.40. The molecule has 1 rings (SSSR count). The predicted octanol–water partition coefficient (Wildman–Crippen LogP) is -0.0729. The van der Waals surface area contributed by atoms with Crippen molar-refractivity contribution in [2.24, 2.45) is 0 Å². The molecule has 0 atom stereocenters. The second-order valence-corrected chi connectivity index (χ2v) is 3.69. The van der Waals surface area contributed by atoms with Gasteiger partial charge in [0.15, 0.2) is 0 Å². The van der Waals surface area contributed by atoms with Crippen LogP contribution in [0.3, 0.4) is 0 Å². The number of aliphatic hydroxyl groups is 2. The van der Waals surface area contributed by atoms with Crippen LogP contribution in [0.1, 0.15) is 10.5 Å². The number of halogens is 1. The van der Waals surface area contributed by atoms with E-state index in [-0.39, 0.29) is 18.9 Å². The van der Waals surface area contributed by atoms with Gasteiger partial charge in [0, 0.05) is 0 Å². The number of nitrogens with one attached hydrogen (secondary N) is 1. The molecule has 1 heterocycles. The first-order chi connectivity index (χ1) is 7.17. The van der Waals surface area contributed by atoms with E-state index in [9.17, 15) is 4.79 Å². The summed E-state index contributed by atoms with van der Waals surface area (Å²) >= 11 is 3.14. The van der Waals surface area contributed by atoms with Crippen LogP contribution in [0, 0.1) is 0 Å². The Balaban J connectivity index is 2.68. The maximum absolute atomic E-state index is 11.5. The van der Waals surface area contributed by atoms with Crippen molar-refractivity contribution >= 4 is 21.8 Å². The number of pyridine rings is 1. The summed E-state index contributed by atoms with van der Waals surface area (Å²) < 4.78 is 0.555. The Kier molecular flexibility index (Phi) is 4.67. The zero-order chi connectivity index (χ0) is 11.3. The van der Waals surface area contributed by atoms with Crippen molar-refractivity contribution in [2.45, 2.75) is 6.04 Å². The van der Waals surface area contributed by atoms with Gasteiger partial charge in [-0.15, -0.1) is 0 Å². The molecule has 0 fully saturated rings. The van der Waals surface area contributed by atoms with Crippen LogP contribution in [0.25, 0.3) is 0 Å². The minimum absolute atomic E-state index is 0.233. The molecular formula is C9H11BrN2O3. The van der Waals surface area contributed by atoms with Gasteiger partial charge in [-0.2, -0.15) is 0 Å². The molecule has 1 aromatic heterocycles. The molecule has 0 aliphatic rings. The normalized spacial score (nSPS) is 10.4. The largest absolute Gasteiger partial charge is 0.394 e. The lowest BCUT2D eigenvalue weighted by atomic mass is 10.3. The third-order valence-corrected chi connectivity index (χ3v) is 2.17. The molecule has 1 amide bonds. The maximum Gasteiger partial charge on any atom is 0.270 e. The van der Waals surface area contributed by atoms with Gasteiger partial charge in [-0.25, -0.2) is 4.98 Å². The SMILES string of the molecule is O=C(NC(CO)CO)c1cccc(Br)n1. The highest BCUT2D eigenvalue weighted by atomic mass is 79.9. The number of amides is 1. The number of hydrogen-bond acceptors (Lipinski definition) is 4. The smallest absolute Gasteiger partial charge is 0.270 e. The highest BCUT2D eigenvalue weighted by Crippen LogP contribution is 2.06. The molecule has 0 aliphatic heterocycles. The first-order valence-electron chi connectivity index (χ1n) is 4.32. The summed E-state index contributed by atoms with van der Waals surface area (Å²) in [5.74, 6) is -0.426. The molecule has 0 aromatic carbocycles. The summed E-state index contributed by atoms with van der Waals surface area (Å²) in [6.45, 7) is -0.619. The van der Waals surface area contributed by atoms with E-state index in [1.807, 2.05) is 0 Å². The molecule has 0 bridgehead atoms.